The lowest BCUT2D eigenvalue weighted by Gasteiger charge is -2.19. The van der Waals surface area contributed by atoms with Crippen molar-refractivity contribution in [2.75, 3.05) is 14.2 Å². The Morgan fingerprint density at radius 1 is 1.05 bits per heavy atom. The number of halogens is 1. The van der Waals surface area contributed by atoms with E-state index in [4.69, 9.17) is 9.47 Å². The van der Waals surface area contributed by atoms with Gasteiger partial charge in [-0.25, -0.2) is 0 Å². The average molecular weight is 336 g/mol. The summed E-state index contributed by atoms with van der Waals surface area (Å²) in [6, 6.07) is 11.9. The second-order valence-corrected chi connectivity index (χ2v) is 5.55. The molecule has 1 heterocycles. The van der Waals surface area contributed by atoms with Gasteiger partial charge in [0.25, 0.3) is 0 Å². The van der Waals surface area contributed by atoms with Gasteiger partial charge in [0.1, 0.15) is 0 Å². The minimum Gasteiger partial charge on any atom is -0.493 e. The van der Waals surface area contributed by atoms with E-state index in [-0.39, 0.29) is 10.7 Å². The van der Waals surface area contributed by atoms with Gasteiger partial charge in [0.05, 0.1) is 14.2 Å². The molecule has 0 saturated heterocycles. The van der Waals surface area contributed by atoms with E-state index in [1.807, 2.05) is 42.6 Å². The van der Waals surface area contributed by atoms with Crippen LogP contribution in [0, 0.1) is 0 Å². The fourth-order valence-corrected chi connectivity index (χ4v) is 2.66. The van der Waals surface area contributed by atoms with Crippen LogP contribution in [0.4, 0.5) is 0 Å². The minimum absolute atomic E-state index is 0.164. The van der Waals surface area contributed by atoms with Crippen LogP contribution in [0.25, 0.3) is 0 Å². The molecule has 1 aromatic carbocycles. The van der Waals surface area contributed by atoms with Crippen LogP contribution >= 0.6 is 15.9 Å². The molecule has 0 fully saturated rings. The molecule has 2 aromatic rings. The molecular formula is C16H18BrNO2. The van der Waals surface area contributed by atoms with Gasteiger partial charge in [0, 0.05) is 22.6 Å². The summed E-state index contributed by atoms with van der Waals surface area (Å²) in [6.07, 6.45) is 1.82. The first-order valence-electron chi connectivity index (χ1n) is 6.44. The number of aromatic nitrogens is 1. The highest BCUT2D eigenvalue weighted by atomic mass is 79.9. The van der Waals surface area contributed by atoms with E-state index in [1.165, 1.54) is 0 Å². The lowest BCUT2D eigenvalue weighted by molar-refractivity contribution is 0.354. The molecule has 2 atom stereocenters. The second-order valence-electron chi connectivity index (χ2n) is 4.56. The number of nitrogens with zero attached hydrogens (tertiary/aromatic N) is 1. The Morgan fingerprint density at radius 3 is 2.40 bits per heavy atom. The van der Waals surface area contributed by atoms with Crippen molar-refractivity contribution in [1.29, 1.82) is 0 Å². The van der Waals surface area contributed by atoms with Gasteiger partial charge in [-0.1, -0.05) is 35.0 Å². The maximum atomic E-state index is 5.35. The number of ether oxygens (including phenoxy) is 2. The van der Waals surface area contributed by atoms with Gasteiger partial charge >= 0.3 is 0 Å². The molecule has 0 aliphatic heterocycles. The number of hydrogen-bond acceptors (Lipinski definition) is 3. The van der Waals surface area contributed by atoms with E-state index in [0.29, 0.717) is 0 Å². The molecule has 0 radical (unpaired) electrons. The molecule has 0 N–H and O–H groups in total. The molecule has 0 amide bonds. The van der Waals surface area contributed by atoms with E-state index in [0.717, 1.165) is 22.8 Å². The number of alkyl halides is 1. The lowest BCUT2D eigenvalue weighted by Crippen LogP contribution is -2.04. The number of rotatable bonds is 5. The van der Waals surface area contributed by atoms with Crippen molar-refractivity contribution < 1.29 is 9.47 Å². The predicted octanol–water partition coefficient (Wildman–Crippen LogP) is 4.34. The zero-order chi connectivity index (χ0) is 14.5. The molecule has 1 aromatic heterocycles. The molecule has 0 saturated carbocycles. The second kappa shape index (κ2) is 6.75. The lowest BCUT2D eigenvalue weighted by atomic mass is 9.97. The third kappa shape index (κ3) is 3.12. The van der Waals surface area contributed by atoms with Gasteiger partial charge in [-0.05, 0) is 29.8 Å². The first kappa shape index (κ1) is 14.9. The maximum absolute atomic E-state index is 5.35. The summed E-state index contributed by atoms with van der Waals surface area (Å²) in [5, 5.41) is 0. The van der Waals surface area contributed by atoms with Crippen molar-refractivity contribution >= 4 is 15.9 Å². The van der Waals surface area contributed by atoms with Gasteiger partial charge < -0.3 is 9.47 Å². The van der Waals surface area contributed by atoms with Gasteiger partial charge in [-0.15, -0.1) is 0 Å². The van der Waals surface area contributed by atoms with Crippen LogP contribution in [0.15, 0.2) is 42.6 Å². The van der Waals surface area contributed by atoms with Crippen molar-refractivity contribution in [3.05, 3.63) is 53.9 Å². The van der Waals surface area contributed by atoms with Crippen molar-refractivity contribution in [2.24, 2.45) is 0 Å². The Kier molecular flexibility index (Phi) is 5.01. The van der Waals surface area contributed by atoms with Crippen LogP contribution in [0.3, 0.4) is 0 Å². The van der Waals surface area contributed by atoms with Crippen molar-refractivity contribution in [3.63, 3.8) is 0 Å². The first-order chi connectivity index (χ1) is 9.67. The van der Waals surface area contributed by atoms with E-state index in [9.17, 15) is 0 Å². The maximum Gasteiger partial charge on any atom is 0.161 e. The Morgan fingerprint density at radius 2 is 1.80 bits per heavy atom. The third-order valence-electron chi connectivity index (χ3n) is 3.32. The predicted molar refractivity (Wildman–Crippen MR) is 83.9 cm³/mol. The van der Waals surface area contributed by atoms with Crippen molar-refractivity contribution in [1.82, 2.24) is 4.98 Å². The first-order valence-corrected chi connectivity index (χ1v) is 7.36. The Labute approximate surface area is 128 Å². The van der Waals surface area contributed by atoms with Crippen LogP contribution in [-0.2, 0) is 0 Å². The summed E-state index contributed by atoms with van der Waals surface area (Å²) in [6.45, 7) is 2.15. The fourth-order valence-electron chi connectivity index (χ4n) is 2.11. The monoisotopic (exact) mass is 335 g/mol. The molecule has 2 rings (SSSR count). The zero-order valence-corrected chi connectivity index (χ0v) is 13.4. The van der Waals surface area contributed by atoms with E-state index in [2.05, 4.69) is 27.8 Å². The largest absolute Gasteiger partial charge is 0.493 e. The fraction of sp³-hybridized carbons (Fsp3) is 0.312. The van der Waals surface area contributed by atoms with Gasteiger partial charge in [0.15, 0.2) is 11.5 Å². The molecule has 106 valence electrons. The minimum atomic E-state index is 0.164. The molecular weight excluding hydrogens is 318 g/mol. The highest BCUT2D eigenvalue weighted by Gasteiger charge is 2.20. The highest BCUT2D eigenvalue weighted by Crippen LogP contribution is 2.40. The summed E-state index contributed by atoms with van der Waals surface area (Å²) < 4.78 is 10.6. The molecule has 2 unspecified atom stereocenters. The van der Waals surface area contributed by atoms with Crippen LogP contribution in [-0.4, -0.2) is 19.2 Å². The molecule has 0 bridgehead atoms. The molecule has 4 heteroatoms. The SMILES string of the molecule is COc1ccc(C(Br)C(C)c2ccccn2)cc1OC. The quantitative estimate of drug-likeness (QED) is 0.761. The average Bonchev–Trinajstić information content (AvgIpc) is 2.53. The van der Waals surface area contributed by atoms with Crippen molar-refractivity contribution in [3.8, 4) is 11.5 Å². The Bertz CT molecular complexity index is 560. The van der Waals surface area contributed by atoms with E-state index < -0.39 is 0 Å². The summed E-state index contributed by atoms with van der Waals surface area (Å²) in [5.74, 6) is 1.73. The van der Waals surface area contributed by atoms with Gasteiger partial charge in [0.2, 0.25) is 0 Å². The number of hydrogen-bond donors (Lipinski definition) is 0. The Hall–Kier alpha value is -1.55. The molecule has 0 aliphatic carbocycles. The van der Waals surface area contributed by atoms with E-state index >= 15 is 0 Å². The topological polar surface area (TPSA) is 31.4 Å². The van der Waals surface area contributed by atoms with Crippen LogP contribution in [0.1, 0.15) is 28.9 Å². The highest BCUT2D eigenvalue weighted by molar-refractivity contribution is 9.09. The van der Waals surface area contributed by atoms with Crippen LogP contribution in [0.2, 0.25) is 0 Å². The van der Waals surface area contributed by atoms with Crippen LogP contribution < -0.4 is 9.47 Å². The van der Waals surface area contributed by atoms with Crippen LogP contribution in [0.5, 0.6) is 11.5 Å². The summed E-state index contributed by atoms with van der Waals surface area (Å²) in [7, 11) is 3.28. The molecule has 3 nitrogen and oxygen atoms in total. The normalized spacial score (nSPS) is 13.6. The number of methoxy groups -OCH3 is 2. The van der Waals surface area contributed by atoms with Gasteiger partial charge in [-0.2, -0.15) is 0 Å². The Balaban J connectivity index is 2.27. The number of pyridine rings is 1. The summed E-state index contributed by atoms with van der Waals surface area (Å²) in [4.78, 5) is 4.58. The summed E-state index contributed by atoms with van der Waals surface area (Å²) in [5.41, 5.74) is 2.20. The van der Waals surface area contributed by atoms with Gasteiger partial charge in [-0.3, -0.25) is 4.98 Å². The zero-order valence-electron chi connectivity index (χ0n) is 11.8. The smallest absolute Gasteiger partial charge is 0.161 e. The van der Waals surface area contributed by atoms with E-state index in [1.54, 1.807) is 14.2 Å². The third-order valence-corrected chi connectivity index (χ3v) is 4.64. The number of benzene rings is 1. The standard InChI is InChI=1S/C16H18BrNO2/c1-11(13-6-4-5-9-18-13)16(17)12-7-8-14(19-2)15(10-12)20-3/h4-11,16H,1-3H3. The summed E-state index contributed by atoms with van der Waals surface area (Å²) >= 11 is 3.76. The van der Waals surface area contributed by atoms with Crippen molar-refractivity contribution in [2.45, 2.75) is 17.7 Å². The molecule has 0 spiro atoms. The molecule has 20 heavy (non-hydrogen) atoms. The molecule has 0 aliphatic rings.